The quantitative estimate of drug-likeness (QED) is 0.815. The van der Waals surface area contributed by atoms with Crippen molar-refractivity contribution in [1.82, 2.24) is 14.9 Å². The number of nitrogens with one attached hydrogen (secondary N) is 1. The average molecular weight is 391 g/mol. The van der Waals surface area contributed by atoms with Gasteiger partial charge in [0.05, 0.1) is 16.4 Å². The first-order valence-electron chi connectivity index (χ1n) is 9.67. The third-order valence-corrected chi connectivity index (χ3v) is 6.79. The van der Waals surface area contributed by atoms with E-state index >= 15 is 0 Å². The van der Waals surface area contributed by atoms with E-state index in [-0.39, 0.29) is 18.6 Å². The van der Waals surface area contributed by atoms with Crippen molar-refractivity contribution in [1.29, 1.82) is 0 Å². The number of piperidine rings is 1. The monoisotopic (exact) mass is 390 g/mol. The van der Waals surface area contributed by atoms with Gasteiger partial charge in [-0.3, -0.25) is 4.79 Å². The number of carbonyl (C=O) groups excluding carboxylic acids is 1. The lowest BCUT2D eigenvalue weighted by atomic mass is 9.97. The van der Waals surface area contributed by atoms with Gasteiger partial charge in [0.1, 0.15) is 17.0 Å². The number of aryl methyl sites for hydroxylation is 1. The molecule has 2 aliphatic heterocycles. The number of anilines is 1. The first-order valence-corrected chi connectivity index (χ1v) is 10.5. The Morgan fingerprint density at radius 2 is 2.19 bits per heavy atom. The first kappa shape index (κ1) is 18.6. The Balaban J connectivity index is 1.54. The summed E-state index contributed by atoms with van der Waals surface area (Å²) in [6.45, 7) is 5.14. The molecule has 4 rings (SSSR count). The molecule has 1 unspecified atom stereocenters. The van der Waals surface area contributed by atoms with Crippen LogP contribution >= 0.6 is 11.3 Å². The van der Waals surface area contributed by atoms with Crippen LogP contribution in [0.3, 0.4) is 0 Å². The smallest absolute Gasteiger partial charge is 0.264 e. The average Bonchev–Trinajstić information content (AvgIpc) is 3.34. The lowest BCUT2D eigenvalue weighted by molar-refractivity contribution is 0.0655. The highest BCUT2D eigenvalue weighted by atomic mass is 32.1. The van der Waals surface area contributed by atoms with E-state index in [1.165, 1.54) is 11.3 Å². The number of hydrogen-bond acceptors (Lipinski definition) is 7. The molecule has 4 heterocycles. The maximum atomic E-state index is 13.0. The Labute approximate surface area is 162 Å². The molecule has 0 saturated carbocycles. The number of thiophene rings is 1. The Bertz CT molecular complexity index is 811. The van der Waals surface area contributed by atoms with Gasteiger partial charge in [0.2, 0.25) is 0 Å². The predicted octanol–water partition coefficient (Wildman–Crippen LogP) is 2.44. The lowest BCUT2D eigenvalue weighted by Gasteiger charge is -2.31. The standard InChI is InChI=1S/C19H26N4O3S/c1-12-15-17(20-9-14-3-2-8-26-14)21-11-22-18(15)27-16(12)19(25)23-6-4-13(10-24)5-7-23/h11,13-14,24H,2-10H2,1H3,(H,20,21,22). The van der Waals surface area contributed by atoms with Crippen molar-refractivity contribution >= 4 is 33.3 Å². The van der Waals surface area contributed by atoms with Gasteiger partial charge in [0.25, 0.3) is 5.91 Å². The number of aromatic nitrogens is 2. The van der Waals surface area contributed by atoms with Gasteiger partial charge in [-0.1, -0.05) is 0 Å². The van der Waals surface area contributed by atoms with Crippen LogP contribution in [-0.2, 0) is 4.74 Å². The van der Waals surface area contributed by atoms with Gasteiger partial charge in [-0.15, -0.1) is 11.3 Å². The molecule has 0 aliphatic carbocycles. The van der Waals surface area contributed by atoms with Crippen molar-refractivity contribution in [3.05, 3.63) is 16.8 Å². The zero-order chi connectivity index (χ0) is 18.8. The van der Waals surface area contributed by atoms with E-state index in [2.05, 4.69) is 15.3 Å². The molecule has 2 saturated heterocycles. The summed E-state index contributed by atoms with van der Waals surface area (Å²) in [5.41, 5.74) is 0.944. The minimum atomic E-state index is 0.0666. The number of nitrogens with zero attached hydrogens (tertiary/aromatic N) is 3. The SMILES string of the molecule is Cc1c(C(=O)N2CCC(CO)CC2)sc2ncnc(NCC3CCCO3)c12. The van der Waals surface area contributed by atoms with Gasteiger partial charge < -0.3 is 20.1 Å². The molecular formula is C19H26N4O3S. The molecule has 0 bridgehead atoms. The number of ether oxygens (including phenoxy) is 1. The molecule has 0 aromatic carbocycles. The molecule has 27 heavy (non-hydrogen) atoms. The molecule has 7 nitrogen and oxygen atoms in total. The second-order valence-corrected chi connectivity index (χ2v) is 8.39. The van der Waals surface area contributed by atoms with Crippen LogP contribution in [0.4, 0.5) is 5.82 Å². The number of amides is 1. The third kappa shape index (κ3) is 3.79. The molecule has 2 N–H and O–H groups in total. The van der Waals surface area contributed by atoms with E-state index in [9.17, 15) is 9.90 Å². The predicted molar refractivity (Wildman–Crippen MR) is 105 cm³/mol. The lowest BCUT2D eigenvalue weighted by Crippen LogP contribution is -2.39. The third-order valence-electron chi connectivity index (χ3n) is 5.60. The van der Waals surface area contributed by atoms with Crippen LogP contribution in [0.15, 0.2) is 6.33 Å². The molecule has 2 aromatic heterocycles. The van der Waals surface area contributed by atoms with Gasteiger partial charge in [-0.25, -0.2) is 9.97 Å². The van der Waals surface area contributed by atoms with E-state index in [0.29, 0.717) is 19.0 Å². The van der Waals surface area contributed by atoms with Crippen LogP contribution in [-0.4, -0.2) is 64.8 Å². The van der Waals surface area contributed by atoms with Crippen molar-refractivity contribution in [3.8, 4) is 0 Å². The fraction of sp³-hybridized carbons (Fsp3) is 0.632. The van der Waals surface area contributed by atoms with Crippen molar-refractivity contribution in [3.63, 3.8) is 0 Å². The van der Waals surface area contributed by atoms with Crippen LogP contribution in [0.2, 0.25) is 0 Å². The van der Waals surface area contributed by atoms with Gasteiger partial charge in [0.15, 0.2) is 0 Å². The van der Waals surface area contributed by atoms with Crippen LogP contribution in [0, 0.1) is 12.8 Å². The van der Waals surface area contributed by atoms with E-state index < -0.39 is 0 Å². The Morgan fingerprint density at radius 3 is 2.89 bits per heavy atom. The summed E-state index contributed by atoms with van der Waals surface area (Å²) in [5.74, 6) is 1.16. The van der Waals surface area contributed by atoms with Crippen LogP contribution in [0.1, 0.15) is 40.9 Å². The van der Waals surface area contributed by atoms with Crippen molar-refractivity contribution in [2.75, 3.05) is 38.2 Å². The summed E-state index contributed by atoms with van der Waals surface area (Å²) in [4.78, 5) is 25.3. The van der Waals surface area contributed by atoms with Gasteiger partial charge in [-0.2, -0.15) is 0 Å². The van der Waals surface area contributed by atoms with Gasteiger partial charge >= 0.3 is 0 Å². The van der Waals surface area contributed by atoms with Crippen molar-refractivity contribution < 1.29 is 14.6 Å². The minimum Gasteiger partial charge on any atom is -0.396 e. The topological polar surface area (TPSA) is 87.6 Å². The molecule has 0 radical (unpaired) electrons. The zero-order valence-electron chi connectivity index (χ0n) is 15.6. The second kappa shape index (κ2) is 8.08. The number of aliphatic hydroxyl groups is 1. The number of rotatable bonds is 5. The summed E-state index contributed by atoms with van der Waals surface area (Å²) in [7, 11) is 0. The Hall–Kier alpha value is -1.77. The van der Waals surface area contributed by atoms with E-state index in [0.717, 1.165) is 65.3 Å². The number of fused-ring (bicyclic) bond motifs is 1. The van der Waals surface area contributed by atoms with Crippen LogP contribution in [0.25, 0.3) is 10.2 Å². The summed E-state index contributed by atoms with van der Waals surface area (Å²) in [6, 6.07) is 0. The maximum Gasteiger partial charge on any atom is 0.264 e. The van der Waals surface area contributed by atoms with Gasteiger partial charge in [0, 0.05) is 32.8 Å². The molecule has 0 spiro atoms. The molecule has 1 amide bonds. The van der Waals surface area contributed by atoms with Crippen LogP contribution < -0.4 is 5.32 Å². The summed E-state index contributed by atoms with van der Waals surface area (Å²) in [5, 5.41) is 13.6. The Morgan fingerprint density at radius 1 is 1.37 bits per heavy atom. The number of likely N-dealkylation sites (tertiary alicyclic amines) is 1. The minimum absolute atomic E-state index is 0.0666. The summed E-state index contributed by atoms with van der Waals surface area (Å²) >= 11 is 1.44. The molecule has 1 atom stereocenters. The highest BCUT2D eigenvalue weighted by Crippen LogP contribution is 2.34. The number of aliphatic hydroxyl groups excluding tert-OH is 1. The molecule has 8 heteroatoms. The van der Waals surface area contributed by atoms with Crippen LogP contribution in [0.5, 0.6) is 0 Å². The van der Waals surface area contributed by atoms with Crippen molar-refractivity contribution in [2.24, 2.45) is 5.92 Å². The van der Waals surface area contributed by atoms with E-state index in [4.69, 9.17) is 4.74 Å². The Kier molecular flexibility index (Phi) is 5.56. The summed E-state index contributed by atoms with van der Waals surface area (Å²) < 4.78 is 5.68. The normalized spacial score (nSPS) is 21.1. The number of hydrogen-bond donors (Lipinski definition) is 2. The molecule has 2 aliphatic rings. The first-order chi connectivity index (χ1) is 13.2. The molecule has 2 fully saturated rings. The second-order valence-electron chi connectivity index (χ2n) is 7.39. The fourth-order valence-electron chi connectivity index (χ4n) is 3.89. The van der Waals surface area contributed by atoms with E-state index in [1.54, 1.807) is 6.33 Å². The zero-order valence-corrected chi connectivity index (χ0v) is 16.4. The highest BCUT2D eigenvalue weighted by molar-refractivity contribution is 7.20. The molecule has 2 aromatic rings. The largest absolute Gasteiger partial charge is 0.396 e. The van der Waals surface area contributed by atoms with Crippen molar-refractivity contribution in [2.45, 2.75) is 38.7 Å². The maximum absolute atomic E-state index is 13.0. The van der Waals surface area contributed by atoms with Gasteiger partial charge in [-0.05, 0) is 44.1 Å². The summed E-state index contributed by atoms with van der Waals surface area (Å²) in [6.07, 6.45) is 5.67. The van der Waals surface area contributed by atoms with E-state index in [1.807, 2.05) is 11.8 Å². The molecule has 146 valence electrons. The fourth-order valence-corrected chi connectivity index (χ4v) is 5.00. The molecular weight excluding hydrogens is 364 g/mol. The number of carbonyl (C=O) groups is 1. The highest BCUT2D eigenvalue weighted by Gasteiger charge is 2.27.